The van der Waals surface area contributed by atoms with Gasteiger partial charge in [-0.3, -0.25) is 4.98 Å². The van der Waals surface area contributed by atoms with Crippen molar-refractivity contribution >= 4 is 16.9 Å². The van der Waals surface area contributed by atoms with Gasteiger partial charge in [-0.05, 0) is 33.7 Å². The van der Waals surface area contributed by atoms with Crippen molar-refractivity contribution < 1.29 is 19.7 Å². The highest BCUT2D eigenvalue weighted by molar-refractivity contribution is 5.84. The summed E-state index contributed by atoms with van der Waals surface area (Å²) in [4.78, 5) is 16.6. The van der Waals surface area contributed by atoms with Gasteiger partial charge in [0.25, 0.3) is 0 Å². The Morgan fingerprint density at radius 3 is 2.27 bits per heavy atom. The minimum atomic E-state index is -1.25. The van der Waals surface area contributed by atoms with E-state index in [1.165, 1.54) is 0 Å². The number of carbonyl (C=O) groups excluding carboxylic acids is 1. The van der Waals surface area contributed by atoms with Crippen LogP contribution < -0.4 is 5.32 Å². The van der Waals surface area contributed by atoms with Crippen LogP contribution in [0.15, 0.2) is 85.1 Å². The fourth-order valence-electron chi connectivity index (χ4n) is 4.51. The van der Waals surface area contributed by atoms with Crippen molar-refractivity contribution in [3.05, 3.63) is 102 Å². The minimum absolute atomic E-state index is 0.0430. The molecule has 3 N–H and O–H groups in total. The van der Waals surface area contributed by atoms with E-state index < -0.39 is 18.3 Å². The number of benzene rings is 3. The molecule has 0 radical (unpaired) electrons. The first-order valence-corrected chi connectivity index (χ1v) is 10.9. The fourth-order valence-corrected chi connectivity index (χ4v) is 4.51. The average molecular weight is 440 g/mol. The van der Waals surface area contributed by atoms with Crippen molar-refractivity contribution in [2.45, 2.75) is 18.1 Å². The van der Waals surface area contributed by atoms with Crippen molar-refractivity contribution in [1.82, 2.24) is 10.3 Å². The van der Waals surface area contributed by atoms with Gasteiger partial charge in [-0.15, -0.1) is 0 Å². The molecule has 0 spiro atoms. The quantitative estimate of drug-likeness (QED) is 0.419. The second-order valence-electron chi connectivity index (χ2n) is 8.14. The Kier molecular flexibility index (Phi) is 5.77. The van der Waals surface area contributed by atoms with Crippen LogP contribution in [0.5, 0.6) is 0 Å². The Balaban J connectivity index is 1.21. The van der Waals surface area contributed by atoms with Crippen molar-refractivity contribution in [3.63, 3.8) is 0 Å². The Labute approximate surface area is 191 Å². The summed E-state index contributed by atoms with van der Waals surface area (Å²) < 4.78 is 5.49. The third kappa shape index (κ3) is 4.06. The number of aliphatic hydroxyl groups is 2. The number of fused-ring (bicyclic) bond motifs is 4. The maximum atomic E-state index is 12.4. The molecule has 5 rings (SSSR count). The van der Waals surface area contributed by atoms with Gasteiger partial charge < -0.3 is 20.3 Å². The summed E-state index contributed by atoms with van der Waals surface area (Å²) in [6.07, 6.45) is -1.53. The van der Waals surface area contributed by atoms with Gasteiger partial charge in [0.05, 0.1) is 5.69 Å². The second-order valence-corrected chi connectivity index (χ2v) is 8.14. The molecule has 1 amide bonds. The van der Waals surface area contributed by atoms with Gasteiger partial charge in [0, 0.05) is 24.0 Å². The number of pyridine rings is 1. The summed E-state index contributed by atoms with van der Waals surface area (Å²) in [5.74, 6) is -0.0430. The van der Waals surface area contributed by atoms with E-state index in [-0.39, 0.29) is 19.1 Å². The first kappa shape index (κ1) is 21.1. The molecular weight excluding hydrogens is 416 g/mol. The number of ether oxygens (including phenoxy) is 1. The van der Waals surface area contributed by atoms with Crippen molar-refractivity contribution in [1.29, 1.82) is 0 Å². The molecule has 0 aliphatic heterocycles. The Morgan fingerprint density at radius 2 is 1.55 bits per heavy atom. The Hall–Kier alpha value is -3.74. The number of amides is 1. The van der Waals surface area contributed by atoms with E-state index >= 15 is 0 Å². The van der Waals surface area contributed by atoms with Crippen LogP contribution in [-0.2, 0) is 4.74 Å². The molecule has 1 heterocycles. The molecule has 1 aliphatic carbocycles. The molecule has 2 atom stereocenters. The SMILES string of the molecule is O=C(NCC(O)C(O)c1nccc2ccccc12)OCC1c2ccccc2-c2ccccc21. The molecule has 1 aliphatic rings. The average Bonchev–Trinajstić information content (AvgIpc) is 3.19. The normalized spacial score (nSPS) is 14.4. The smallest absolute Gasteiger partial charge is 0.407 e. The van der Waals surface area contributed by atoms with E-state index in [2.05, 4.69) is 34.6 Å². The third-order valence-electron chi connectivity index (χ3n) is 6.15. The minimum Gasteiger partial charge on any atom is -0.449 e. The molecule has 2 unspecified atom stereocenters. The highest BCUT2D eigenvalue weighted by Gasteiger charge is 2.29. The van der Waals surface area contributed by atoms with Gasteiger partial charge in [0.15, 0.2) is 0 Å². The molecule has 0 bridgehead atoms. The summed E-state index contributed by atoms with van der Waals surface area (Å²) >= 11 is 0. The molecular formula is C27H24N2O4. The van der Waals surface area contributed by atoms with E-state index in [1.807, 2.05) is 54.6 Å². The van der Waals surface area contributed by atoms with Crippen LogP contribution in [0.4, 0.5) is 4.79 Å². The molecule has 1 aromatic heterocycles. The number of carbonyl (C=O) groups is 1. The van der Waals surface area contributed by atoms with Crippen LogP contribution in [0.1, 0.15) is 28.8 Å². The summed E-state index contributed by atoms with van der Waals surface area (Å²) in [5, 5.41) is 25.3. The highest BCUT2D eigenvalue weighted by Crippen LogP contribution is 2.44. The molecule has 4 aromatic rings. The summed E-state index contributed by atoms with van der Waals surface area (Å²) in [6, 6.07) is 25.6. The zero-order chi connectivity index (χ0) is 22.8. The number of alkyl carbamates (subject to hydrolysis) is 1. The van der Waals surface area contributed by atoms with E-state index in [0.29, 0.717) is 5.69 Å². The molecule has 0 saturated heterocycles. The largest absolute Gasteiger partial charge is 0.449 e. The van der Waals surface area contributed by atoms with Crippen molar-refractivity contribution in [2.24, 2.45) is 0 Å². The van der Waals surface area contributed by atoms with Crippen LogP contribution in [0.25, 0.3) is 21.9 Å². The van der Waals surface area contributed by atoms with Gasteiger partial charge in [-0.2, -0.15) is 0 Å². The predicted octanol–water partition coefficient (Wildman–Crippen LogP) is 4.17. The molecule has 0 fully saturated rings. The Bertz CT molecular complexity index is 1260. The lowest BCUT2D eigenvalue weighted by Gasteiger charge is -2.20. The van der Waals surface area contributed by atoms with E-state index in [4.69, 9.17) is 4.74 Å². The Morgan fingerprint density at radius 1 is 0.909 bits per heavy atom. The zero-order valence-corrected chi connectivity index (χ0v) is 17.9. The van der Waals surface area contributed by atoms with Crippen LogP contribution in [0.3, 0.4) is 0 Å². The molecule has 3 aromatic carbocycles. The van der Waals surface area contributed by atoms with E-state index in [9.17, 15) is 15.0 Å². The van der Waals surface area contributed by atoms with Gasteiger partial charge >= 0.3 is 6.09 Å². The molecule has 6 heteroatoms. The zero-order valence-electron chi connectivity index (χ0n) is 17.9. The maximum absolute atomic E-state index is 12.4. The lowest BCUT2D eigenvalue weighted by molar-refractivity contribution is 0.0170. The highest BCUT2D eigenvalue weighted by atomic mass is 16.5. The monoisotopic (exact) mass is 440 g/mol. The number of nitrogens with one attached hydrogen (secondary N) is 1. The van der Waals surface area contributed by atoms with Gasteiger partial charge in [-0.25, -0.2) is 4.79 Å². The van der Waals surface area contributed by atoms with E-state index in [1.54, 1.807) is 6.20 Å². The van der Waals surface area contributed by atoms with Gasteiger partial charge in [-0.1, -0.05) is 72.8 Å². The predicted molar refractivity (Wildman–Crippen MR) is 126 cm³/mol. The fraction of sp³-hybridized carbons (Fsp3) is 0.185. The molecule has 6 nitrogen and oxygen atoms in total. The first-order chi connectivity index (χ1) is 16.1. The molecule has 33 heavy (non-hydrogen) atoms. The number of aliphatic hydroxyl groups excluding tert-OH is 2. The molecule has 166 valence electrons. The number of hydrogen-bond donors (Lipinski definition) is 3. The summed E-state index contributed by atoms with van der Waals surface area (Å²) in [5.41, 5.74) is 4.94. The number of aromatic nitrogens is 1. The number of rotatable bonds is 6. The first-order valence-electron chi connectivity index (χ1n) is 10.9. The molecule has 0 saturated carbocycles. The third-order valence-corrected chi connectivity index (χ3v) is 6.15. The van der Waals surface area contributed by atoms with Gasteiger partial charge in [0.1, 0.15) is 18.8 Å². The summed E-state index contributed by atoms with van der Waals surface area (Å²) in [7, 11) is 0. The summed E-state index contributed by atoms with van der Waals surface area (Å²) in [6.45, 7) is 0.0200. The second kappa shape index (κ2) is 9.02. The van der Waals surface area contributed by atoms with Crippen LogP contribution in [0, 0.1) is 0 Å². The van der Waals surface area contributed by atoms with Gasteiger partial charge in [0.2, 0.25) is 0 Å². The van der Waals surface area contributed by atoms with Crippen molar-refractivity contribution in [3.8, 4) is 11.1 Å². The standard InChI is InChI=1S/C27H24N2O4/c30-24(26(31)25-18-8-2-1-7-17(18)13-14-28-25)15-29-27(32)33-16-23-21-11-5-3-9-19(21)20-10-4-6-12-22(20)23/h1-14,23-24,26,30-31H,15-16H2,(H,29,32). The van der Waals surface area contributed by atoms with Crippen LogP contribution in [0.2, 0.25) is 0 Å². The number of hydrogen-bond acceptors (Lipinski definition) is 5. The van der Waals surface area contributed by atoms with Crippen LogP contribution >= 0.6 is 0 Å². The van der Waals surface area contributed by atoms with Crippen molar-refractivity contribution in [2.75, 3.05) is 13.2 Å². The maximum Gasteiger partial charge on any atom is 0.407 e. The lowest BCUT2D eigenvalue weighted by Crippen LogP contribution is -2.36. The number of nitrogens with zero attached hydrogens (tertiary/aromatic N) is 1. The topological polar surface area (TPSA) is 91.7 Å². The lowest BCUT2D eigenvalue weighted by atomic mass is 9.98. The van der Waals surface area contributed by atoms with E-state index in [0.717, 1.165) is 33.0 Å². The van der Waals surface area contributed by atoms with Crippen LogP contribution in [-0.4, -0.2) is 40.5 Å².